The molecule has 20 heavy (non-hydrogen) atoms. The Kier molecular flexibility index (Phi) is 5.28. The van der Waals surface area contributed by atoms with E-state index in [0.29, 0.717) is 12.5 Å². The summed E-state index contributed by atoms with van der Waals surface area (Å²) >= 11 is 1.69. The minimum Gasteiger partial charge on any atom is -0.395 e. The number of nitrogens with zero attached hydrogens (tertiary/aromatic N) is 4. The molecule has 0 amide bonds. The Balaban J connectivity index is 2.03. The molecule has 0 fully saturated rings. The number of aliphatic hydroxyl groups excluding tert-OH is 1. The number of aryl methyl sites for hydroxylation is 1. The Morgan fingerprint density at radius 1 is 1.40 bits per heavy atom. The molecule has 2 heterocycles. The molecule has 0 aromatic carbocycles. The van der Waals surface area contributed by atoms with Gasteiger partial charge in [-0.1, -0.05) is 13.8 Å². The molecule has 0 atom stereocenters. The van der Waals surface area contributed by atoms with E-state index < -0.39 is 0 Å². The third kappa shape index (κ3) is 3.88. The molecule has 0 radical (unpaired) electrons. The summed E-state index contributed by atoms with van der Waals surface area (Å²) in [5.74, 6) is 1.46. The number of aromatic nitrogens is 3. The molecule has 2 aromatic heterocycles. The van der Waals surface area contributed by atoms with Gasteiger partial charge in [0.25, 0.3) is 0 Å². The Bertz CT molecular complexity index is 535. The van der Waals surface area contributed by atoms with Gasteiger partial charge >= 0.3 is 0 Å². The molecule has 2 aromatic rings. The van der Waals surface area contributed by atoms with Crippen LogP contribution in [0.5, 0.6) is 0 Å². The molecular weight excluding hydrogens is 272 g/mol. The number of thiazole rings is 1. The van der Waals surface area contributed by atoms with Crippen molar-refractivity contribution in [2.75, 3.05) is 13.2 Å². The highest BCUT2D eigenvalue weighted by Crippen LogP contribution is 2.19. The molecule has 2 rings (SSSR count). The van der Waals surface area contributed by atoms with Gasteiger partial charge in [-0.05, 0) is 5.92 Å². The van der Waals surface area contributed by atoms with E-state index in [4.69, 9.17) is 0 Å². The number of hydrogen-bond donors (Lipinski definition) is 1. The molecule has 0 spiro atoms. The van der Waals surface area contributed by atoms with Crippen molar-refractivity contribution in [2.24, 2.45) is 7.05 Å². The fourth-order valence-corrected chi connectivity index (χ4v) is 2.96. The highest BCUT2D eigenvalue weighted by molar-refractivity contribution is 7.09. The maximum atomic E-state index is 9.22. The van der Waals surface area contributed by atoms with Crippen molar-refractivity contribution in [3.8, 4) is 0 Å². The maximum Gasteiger partial charge on any atom is 0.122 e. The molecular formula is C14H22N4OS. The third-order valence-electron chi connectivity index (χ3n) is 3.22. The monoisotopic (exact) mass is 294 g/mol. The number of hydrogen-bond acceptors (Lipinski definition) is 5. The zero-order valence-corrected chi connectivity index (χ0v) is 13.1. The van der Waals surface area contributed by atoms with Crippen molar-refractivity contribution < 1.29 is 5.11 Å². The van der Waals surface area contributed by atoms with Gasteiger partial charge in [0.15, 0.2) is 0 Å². The van der Waals surface area contributed by atoms with Gasteiger partial charge in [-0.25, -0.2) is 9.97 Å². The summed E-state index contributed by atoms with van der Waals surface area (Å²) in [6.07, 6.45) is 3.74. The van der Waals surface area contributed by atoms with E-state index in [-0.39, 0.29) is 6.61 Å². The maximum absolute atomic E-state index is 9.22. The van der Waals surface area contributed by atoms with Crippen molar-refractivity contribution in [3.63, 3.8) is 0 Å². The van der Waals surface area contributed by atoms with Crippen LogP contribution in [-0.2, 0) is 20.1 Å². The van der Waals surface area contributed by atoms with E-state index in [9.17, 15) is 5.11 Å². The molecule has 0 saturated carbocycles. The summed E-state index contributed by atoms with van der Waals surface area (Å²) in [5.41, 5.74) is 1.14. The topological polar surface area (TPSA) is 54.2 Å². The summed E-state index contributed by atoms with van der Waals surface area (Å²) in [6.45, 7) is 6.55. The van der Waals surface area contributed by atoms with Crippen molar-refractivity contribution in [3.05, 3.63) is 34.3 Å². The lowest BCUT2D eigenvalue weighted by atomic mass is 10.2. The third-order valence-corrected chi connectivity index (χ3v) is 4.07. The summed E-state index contributed by atoms with van der Waals surface area (Å²) in [7, 11) is 1.99. The van der Waals surface area contributed by atoms with E-state index in [1.165, 1.54) is 0 Å². The van der Waals surface area contributed by atoms with E-state index in [1.807, 2.05) is 17.8 Å². The zero-order chi connectivity index (χ0) is 14.5. The van der Waals surface area contributed by atoms with Crippen LogP contribution < -0.4 is 0 Å². The van der Waals surface area contributed by atoms with Gasteiger partial charge in [0, 0.05) is 31.4 Å². The molecule has 1 N–H and O–H groups in total. The van der Waals surface area contributed by atoms with Gasteiger partial charge in [0.05, 0.1) is 25.4 Å². The molecule has 5 nitrogen and oxygen atoms in total. The first-order valence-corrected chi connectivity index (χ1v) is 7.71. The van der Waals surface area contributed by atoms with Crippen molar-refractivity contribution in [2.45, 2.75) is 32.9 Å². The minimum absolute atomic E-state index is 0.146. The molecule has 0 aliphatic carbocycles. The van der Waals surface area contributed by atoms with Crippen LogP contribution in [0.25, 0.3) is 0 Å². The molecule has 0 saturated heterocycles. The van der Waals surface area contributed by atoms with Gasteiger partial charge < -0.3 is 9.67 Å². The zero-order valence-electron chi connectivity index (χ0n) is 12.3. The highest BCUT2D eigenvalue weighted by Gasteiger charge is 2.12. The SMILES string of the molecule is CC(C)c1csc(CN(CCO)Cc2nccn2C)n1. The van der Waals surface area contributed by atoms with Crippen molar-refractivity contribution in [1.82, 2.24) is 19.4 Å². The first-order valence-electron chi connectivity index (χ1n) is 6.84. The second-order valence-corrected chi connectivity index (χ2v) is 6.15. The molecule has 0 aliphatic heterocycles. The molecule has 0 aliphatic rings. The van der Waals surface area contributed by atoms with E-state index in [1.54, 1.807) is 17.5 Å². The van der Waals surface area contributed by atoms with Crippen molar-refractivity contribution in [1.29, 1.82) is 0 Å². The molecule has 0 bridgehead atoms. The Morgan fingerprint density at radius 2 is 2.20 bits per heavy atom. The highest BCUT2D eigenvalue weighted by atomic mass is 32.1. The number of aliphatic hydroxyl groups is 1. The number of rotatable bonds is 7. The second-order valence-electron chi connectivity index (χ2n) is 5.21. The summed E-state index contributed by atoms with van der Waals surface area (Å²) in [6, 6.07) is 0. The van der Waals surface area contributed by atoms with Gasteiger partial charge in [-0.3, -0.25) is 4.90 Å². The van der Waals surface area contributed by atoms with Gasteiger partial charge in [-0.2, -0.15) is 0 Å². The van der Waals surface area contributed by atoms with Crippen LogP contribution in [0.1, 0.15) is 36.3 Å². The van der Waals surface area contributed by atoms with Crippen LogP contribution in [0.4, 0.5) is 0 Å². The van der Waals surface area contributed by atoms with Gasteiger partial charge in [0.2, 0.25) is 0 Å². The van der Waals surface area contributed by atoms with Crippen LogP contribution in [0, 0.1) is 0 Å². The Labute approximate surface area is 123 Å². The normalized spacial score (nSPS) is 11.7. The number of imidazole rings is 1. The fourth-order valence-electron chi connectivity index (χ4n) is 1.96. The van der Waals surface area contributed by atoms with E-state index in [2.05, 4.69) is 34.1 Å². The van der Waals surface area contributed by atoms with Gasteiger partial charge in [-0.15, -0.1) is 11.3 Å². The summed E-state index contributed by atoms with van der Waals surface area (Å²) < 4.78 is 2.01. The predicted molar refractivity (Wildman–Crippen MR) is 80.6 cm³/mol. The smallest absolute Gasteiger partial charge is 0.122 e. The quantitative estimate of drug-likeness (QED) is 0.848. The minimum atomic E-state index is 0.146. The fraction of sp³-hybridized carbons (Fsp3) is 0.571. The van der Waals surface area contributed by atoms with Crippen LogP contribution >= 0.6 is 11.3 Å². The van der Waals surface area contributed by atoms with Crippen molar-refractivity contribution >= 4 is 11.3 Å². The summed E-state index contributed by atoms with van der Waals surface area (Å²) in [4.78, 5) is 11.2. The predicted octanol–water partition coefficient (Wildman–Crippen LogP) is 1.99. The Hall–Kier alpha value is -1.24. The van der Waals surface area contributed by atoms with E-state index in [0.717, 1.165) is 29.6 Å². The second kappa shape index (κ2) is 6.97. The summed E-state index contributed by atoms with van der Waals surface area (Å²) in [5, 5.41) is 12.4. The van der Waals surface area contributed by atoms with Crippen LogP contribution in [0.15, 0.2) is 17.8 Å². The van der Waals surface area contributed by atoms with Crippen LogP contribution in [-0.4, -0.2) is 37.7 Å². The lowest BCUT2D eigenvalue weighted by Crippen LogP contribution is -2.27. The lowest BCUT2D eigenvalue weighted by molar-refractivity contribution is 0.180. The Morgan fingerprint density at radius 3 is 2.75 bits per heavy atom. The average Bonchev–Trinajstić information content (AvgIpc) is 3.00. The largest absolute Gasteiger partial charge is 0.395 e. The lowest BCUT2D eigenvalue weighted by Gasteiger charge is -2.19. The van der Waals surface area contributed by atoms with Crippen LogP contribution in [0.3, 0.4) is 0 Å². The van der Waals surface area contributed by atoms with E-state index >= 15 is 0 Å². The molecule has 6 heteroatoms. The first-order chi connectivity index (χ1) is 9.60. The average molecular weight is 294 g/mol. The van der Waals surface area contributed by atoms with Crippen LogP contribution in [0.2, 0.25) is 0 Å². The van der Waals surface area contributed by atoms with Gasteiger partial charge in [0.1, 0.15) is 10.8 Å². The molecule has 110 valence electrons. The molecule has 0 unspecified atom stereocenters. The first kappa shape index (κ1) is 15.2. The standard InChI is InChI=1S/C14H22N4OS/c1-11(2)12-10-20-14(16-12)9-18(6-7-19)8-13-15-4-5-17(13)3/h4-5,10-11,19H,6-9H2,1-3H3.